The van der Waals surface area contributed by atoms with E-state index in [0.29, 0.717) is 25.1 Å². The van der Waals surface area contributed by atoms with Crippen molar-refractivity contribution in [2.75, 3.05) is 19.8 Å². The maximum absolute atomic E-state index is 11.8. The Morgan fingerprint density at radius 3 is 2.61 bits per heavy atom. The molecule has 4 heteroatoms. The second kappa shape index (κ2) is 6.81. The van der Waals surface area contributed by atoms with Crippen molar-refractivity contribution in [1.29, 1.82) is 0 Å². The van der Waals surface area contributed by atoms with E-state index in [2.05, 4.69) is 29.6 Å². The van der Waals surface area contributed by atoms with Crippen LogP contribution in [0.1, 0.15) is 24.3 Å². The van der Waals surface area contributed by atoms with Gasteiger partial charge in [0, 0.05) is 12.6 Å². The van der Waals surface area contributed by atoms with Crippen LogP contribution in [-0.2, 0) is 4.74 Å². The monoisotopic (exact) mass is 255 g/mol. The molecule has 1 aliphatic carbocycles. The van der Waals surface area contributed by atoms with Crippen molar-refractivity contribution in [3.8, 4) is 0 Å². The fourth-order valence-electron chi connectivity index (χ4n) is 2.29. The van der Waals surface area contributed by atoms with Crippen LogP contribution in [0.25, 0.3) is 0 Å². The van der Waals surface area contributed by atoms with E-state index in [1.165, 1.54) is 5.56 Å². The average Bonchev–Trinajstić information content (AvgIpc) is 2.32. The molecule has 0 heterocycles. The van der Waals surface area contributed by atoms with Crippen LogP contribution in [0.4, 0.5) is 8.78 Å². The van der Waals surface area contributed by atoms with Crippen LogP contribution < -0.4 is 5.32 Å². The van der Waals surface area contributed by atoms with Crippen molar-refractivity contribution >= 4 is 0 Å². The highest BCUT2D eigenvalue weighted by molar-refractivity contribution is 5.22. The van der Waals surface area contributed by atoms with E-state index in [-0.39, 0.29) is 0 Å². The average molecular weight is 255 g/mol. The summed E-state index contributed by atoms with van der Waals surface area (Å²) in [5, 5.41) is 3.32. The van der Waals surface area contributed by atoms with Gasteiger partial charge in [0.05, 0.1) is 6.61 Å². The molecule has 0 saturated heterocycles. The fourth-order valence-corrected chi connectivity index (χ4v) is 2.29. The lowest BCUT2D eigenvalue weighted by Crippen LogP contribution is -2.41. The predicted molar refractivity (Wildman–Crippen MR) is 67.0 cm³/mol. The maximum Gasteiger partial charge on any atom is 0.261 e. The molecule has 1 saturated carbocycles. The third-order valence-electron chi connectivity index (χ3n) is 3.33. The lowest BCUT2D eigenvalue weighted by atomic mass is 9.76. The number of rotatable bonds is 7. The standard InChI is InChI=1S/C14H19F2NO/c15-14(16)10-18-7-6-17-13-8-12(9-13)11-4-2-1-3-5-11/h1-5,12-14,17H,6-10H2. The zero-order valence-electron chi connectivity index (χ0n) is 10.3. The van der Waals surface area contributed by atoms with Gasteiger partial charge in [-0.1, -0.05) is 30.3 Å². The summed E-state index contributed by atoms with van der Waals surface area (Å²) < 4.78 is 28.4. The highest BCUT2D eigenvalue weighted by Crippen LogP contribution is 2.36. The Kier molecular flexibility index (Phi) is 5.08. The van der Waals surface area contributed by atoms with Crippen molar-refractivity contribution in [2.24, 2.45) is 0 Å². The smallest absolute Gasteiger partial charge is 0.261 e. The molecule has 100 valence electrons. The van der Waals surface area contributed by atoms with Gasteiger partial charge in [-0.3, -0.25) is 0 Å². The molecule has 1 aromatic rings. The molecule has 0 bridgehead atoms. The molecule has 0 aliphatic heterocycles. The summed E-state index contributed by atoms with van der Waals surface area (Å²) in [4.78, 5) is 0. The van der Waals surface area contributed by atoms with Crippen molar-refractivity contribution in [3.05, 3.63) is 35.9 Å². The van der Waals surface area contributed by atoms with E-state index in [0.717, 1.165) is 12.8 Å². The summed E-state index contributed by atoms with van der Waals surface area (Å²) in [6.45, 7) is 0.550. The van der Waals surface area contributed by atoms with Gasteiger partial charge >= 0.3 is 0 Å². The molecule has 18 heavy (non-hydrogen) atoms. The number of ether oxygens (including phenoxy) is 1. The molecule has 0 unspecified atom stereocenters. The summed E-state index contributed by atoms with van der Waals surface area (Å²) >= 11 is 0. The molecule has 1 aromatic carbocycles. The molecular formula is C14H19F2NO. The van der Waals surface area contributed by atoms with Crippen molar-refractivity contribution in [3.63, 3.8) is 0 Å². The number of alkyl halides is 2. The summed E-state index contributed by atoms with van der Waals surface area (Å²) in [7, 11) is 0. The lowest BCUT2D eigenvalue weighted by Gasteiger charge is -2.36. The van der Waals surface area contributed by atoms with Gasteiger partial charge in [-0.15, -0.1) is 0 Å². The fraction of sp³-hybridized carbons (Fsp3) is 0.571. The highest BCUT2D eigenvalue weighted by atomic mass is 19.3. The van der Waals surface area contributed by atoms with Gasteiger partial charge < -0.3 is 10.1 Å². The largest absolute Gasteiger partial charge is 0.374 e. The van der Waals surface area contributed by atoms with E-state index in [4.69, 9.17) is 4.74 Å². The van der Waals surface area contributed by atoms with Crippen LogP contribution in [0.2, 0.25) is 0 Å². The normalized spacial score (nSPS) is 23.1. The molecule has 2 rings (SSSR count). The van der Waals surface area contributed by atoms with E-state index >= 15 is 0 Å². The lowest BCUT2D eigenvalue weighted by molar-refractivity contribution is 0.0174. The molecule has 0 atom stereocenters. The van der Waals surface area contributed by atoms with E-state index < -0.39 is 13.0 Å². The minimum absolute atomic E-state index is 0.358. The molecular weight excluding hydrogens is 236 g/mol. The molecule has 1 fully saturated rings. The third-order valence-corrected chi connectivity index (χ3v) is 3.33. The molecule has 1 N–H and O–H groups in total. The van der Waals surface area contributed by atoms with Gasteiger partial charge in [-0.2, -0.15) is 0 Å². The van der Waals surface area contributed by atoms with Crippen LogP contribution in [0.5, 0.6) is 0 Å². The van der Waals surface area contributed by atoms with Crippen molar-refractivity contribution in [2.45, 2.75) is 31.2 Å². The molecule has 0 amide bonds. The quantitative estimate of drug-likeness (QED) is 0.756. The minimum atomic E-state index is -2.36. The Morgan fingerprint density at radius 1 is 1.22 bits per heavy atom. The highest BCUT2D eigenvalue weighted by Gasteiger charge is 2.29. The summed E-state index contributed by atoms with van der Waals surface area (Å²) in [6.07, 6.45) is -0.117. The van der Waals surface area contributed by atoms with Gasteiger partial charge in [0.2, 0.25) is 0 Å². The van der Waals surface area contributed by atoms with Gasteiger partial charge in [-0.25, -0.2) is 8.78 Å². The number of hydrogen-bond acceptors (Lipinski definition) is 2. The van der Waals surface area contributed by atoms with Gasteiger partial charge in [0.25, 0.3) is 6.43 Å². The number of hydrogen-bond donors (Lipinski definition) is 1. The van der Waals surface area contributed by atoms with Crippen LogP contribution in [0, 0.1) is 0 Å². The molecule has 2 nitrogen and oxygen atoms in total. The Hall–Kier alpha value is -1.00. The third kappa shape index (κ3) is 4.03. The van der Waals surface area contributed by atoms with Crippen molar-refractivity contribution in [1.82, 2.24) is 5.32 Å². The van der Waals surface area contributed by atoms with E-state index in [1.54, 1.807) is 0 Å². The van der Waals surface area contributed by atoms with Gasteiger partial charge in [0.15, 0.2) is 0 Å². The van der Waals surface area contributed by atoms with Crippen LogP contribution in [-0.4, -0.2) is 32.2 Å². The first-order chi connectivity index (χ1) is 8.75. The SMILES string of the molecule is FC(F)COCCNC1CC(c2ccccc2)C1. The zero-order valence-corrected chi connectivity index (χ0v) is 10.3. The Morgan fingerprint density at radius 2 is 1.94 bits per heavy atom. The number of benzene rings is 1. The number of halogens is 2. The van der Waals surface area contributed by atoms with Crippen LogP contribution >= 0.6 is 0 Å². The van der Waals surface area contributed by atoms with Gasteiger partial charge in [-0.05, 0) is 24.3 Å². The topological polar surface area (TPSA) is 21.3 Å². The van der Waals surface area contributed by atoms with E-state index in [1.807, 2.05) is 6.07 Å². The van der Waals surface area contributed by atoms with Gasteiger partial charge in [0.1, 0.15) is 6.61 Å². The Bertz CT molecular complexity index is 339. The first-order valence-electron chi connectivity index (χ1n) is 6.40. The number of nitrogens with one attached hydrogen (secondary N) is 1. The second-order valence-corrected chi connectivity index (χ2v) is 4.70. The molecule has 0 radical (unpaired) electrons. The first-order valence-corrected chi connectivity index (χ1v) is 6.40. The summed E-state index contributed by atoms with van der Waals surface area (Å²) in [6, 6.07) is 11.0. The predicted octanol–water partition coefficient (Wildman–Crippen LogP) is 2.80. The molecule has 0 spiro atoms. The zero-order chi connectivity index (χ0) is 12.8. The Balaban J connectivity index is 1.54. The first kappa shape index (κ1) is 13.4. The molecule has 0 aromatic heterocycles. The minimum Gasteiger partial charge on any atom is -0.374 e. The van der Waals surface area contributed by atoms with E-state index in [9.17, 15) is 8.78 Å². The van der Waals surface area contributed by atoms with Crippen molar-refractivity contribution < 1.29 is 13.5 Å². The van der Waals surface area contributed by atoms with Crippen LogP contribution in [0.3, 0.4) is 0 Å². The Labute approximate surface area is 106 Å². The summed E-state index contributed by atoms with van der Waals surface area (Å²) in [5.41, 5.74) is 1.39. The summed E-state index contributed by atoms with van der Waals surface area (Å²) in [5.74, 6) is 0.644. The molecule has 1 aliphatic rings. The maximum atomic E-state index is 11.8. The second-order valence-electron chi connectivity index (χ2n) is 4.70. The van der Waals surface area contributed by atoms with Crippen LogP contribution in [0.15, 0.2) is 30.3 Å².